The Morgan fingerprint density at radius 2 is 1.93 bits per heavy atom. The Morgan fingerprint density at radius 1 is 1.43 bits per heavy atom. The smallest absolute Gasteiger partial charge is 0.320 e. The molecule has 0 aromatic carbocycles. The van der Waals surface area contributed by atoms with Crippen LogP contribution in [0.4, 0.5) is 0 Å². The maximum absolute atomic E-state index is 11.0. The molecular weight excluding hydrogens is 178 g/mol. The molecule has 0 radical (unpaired) electrons. The third-order valence-electron chi connectivity index (χ3n) is 2.02. The zero-order valence-corrected chi connectivity index (χ0v) is 8.78. The van der Waals surface area contributed by atoms with Crippen LogP contribution in [0.1, 0.15) is 19.8 Å². The van der Waals surface area contributed by atoms with Gasteiger partial charge in [-0.2, -0.15) is 0 Å². The lowest BCUT2D eigenvalue weighted by molar-refractivity contribution is -0.143. The van der Waals surface area contributed by atoms with Crippen molar-refractivity contribution in [2.45, 2.75) is 25.8 Å². The third-order valence-corrected chi connectivity index (χ3v) is 2.02. The fraction of sp³-hybridized carbons (Fsp3) is 0.545. The molecule has 80 valence electrons. The molecule has 0 aliphatic carbocycles. The standard InChI is InChI=1S/C11H19NO2/c1-4-7-10(11(13)14)12(8-5-2)9-6-3/h5-6,10H,2-4,7-9H2,1H3,(H,13,14). The first kappa shape index (κ1) is 12.9. The number of hydrogen-bond acceptors (Lipinski definition) is 2. The fourth-order valence-corrected chi connectivity index (χ4v) is 1.40. The van der Waals surface area contributed by atoms with E-state index < -0.39 is 12.0 Å². The van der Waals surface area contributed by atoms with Gasteiger partial charge in [0, 0.05) is 13.1 Å². The zero-order chi connectivity index (χ0) is 11.0. The number of nitrogens with zero attached hydrogens (tertiary/aromatic N) is 1. The van der Waals surface area contributed by atoms with Gasteiger partial charge >= 0.3 is 5.97 Å². The van der Waals surface area contributed by atoms with Crippen LogP contribution in [0.5, 0.6) is 0 Å². The first-order valence-electron chi connectivity index (χ1n) is 4.86. The van der Waals surface area contributed by atoms with Gasteiger partial charge in [-0.15, -0.1) is 13.2 Å². The first-order chi connectivity index (χ1) is 6.67. The average Bonchev–Trinajstić information content (AvgIpc) is 2.13. The molecule has 0 aliphatic heterocycles. The minimum Gasteiger partial charge on any atom is -0.480 e. The van der Waals surface area contributed by atoms with E-state index in [1.54, 1.807) is 12.2 Å². The Balaban J connectivity index is 4.43. The Bertz CT molecular complexity index is 191. The lowest BCUT2D eigenvalue weighted by Gasteiger charge is -2.26. The van der Waals surface area contributed by atoms with Gasteiger partial charge in [0.1, 0.15) is 6.04 Å². The van der Waals surface area contributed by atoms with E-state index in [1.165, 1.54) is 0 Å². The van der Waals surface area contributed by atoms with Gasteiger partial charge in [0.05, 0.1) is 0 Å². The van der Waals surface area contributed by atoms with E-state index in [4.69, 9.17) is 5.11 Å². The summed E-state index contributed by atoms with van der Waals surface area (Å²) in [6, 6.07) is -0.420. The molecule has 0 aliphatic rings. The highest BCUT2D eigenvalue weighted by atomic mass is 16.4. The van der Waals surface area contributed by atoms with Crippen LogP contribution in [0.2, 0.25) is 0 Å². The van der Waals surface area contributed by atoms with Gasteiger partial charge in [0.15, 0.2) is 0 Å². The largest absolute Gasteiger partial charge is 0.480 e. The van der Waals surface area contributed by atoms with Crippen LogP contribution in [-0.4, -0.2) is 35.1 Å². The molecule has 1 atom stereocenters. The van der Waals surface area contributed by atoms with Gasteiger partial charge in [-0.05, 0) is 6.42 Å². The molecule has 1 unspecified atom stereocenters. The monoisotopic (exact) mass is 197 g/mol. The number of aliphatic carboxylic acids is 1. The topological polar surface area (TPSA) is 40.5 Å². The van der Waals surface area contributed by atoms with Gasteiger partial charge in [-0.25, -0.2) is 0 Å². The van der Waals surface area contributed by atoms with Gasteiger partial charge in [-0.3, -0.25) is 9.69 Å². The van der Waals surface area contributed by atoms with Crippen LogP contribution in [0.3, 0.4) is 0 Å². The summed E-state index contributed by atoms with van der Waals surface area (Å²) >= 11 is 0. The zero-order valence-electron chi connectivity index (χ0n) is 8.78. The third kappa shape index (κ3) is 4.23. The number of carboxylic acid groups (broad SMARTS) is 1. The number of hydrogen-bond donors (Lipinski definition) is 1. The minimum atomic E-state index is -0.768. The van der Waals surface area contributed by atoms with Crippen molar-refractivity contribution in [2.24, 2.45) is 0 Å². The highest BCUT2D eigenvalue weighted by molar-refractivity contribution is 5.73. The molecule has 0 spiro atoms. The highest BCUT2D eigenvalue weighted by Crippen LogP contribution is 2.07. The van der Waals surface area contributed by atoms with Crippen LogP contribution < -0.4 is 0 Å². The van der Waals surface area contributed by atoms with Crippen molar-refractivity contribution in [3.05, 3.63) is 25.3 Å². The van der Waals surface area contributed by atoms with Crippen molar-refractivity contribution in [1.82, 2.24) is 4.90 Å². The van der Waals surface area contributed by atoms with Gasteiger partial charge in [0.25, 0.3) is 0 Å². The molecule has 0 saturated heterocycles. The Labute approximate surface area is 85.7 Å². The summed E-state index contributed by atoms with van der Waals surface area (Å²) in [5.74, 6) is -0.768. The van der Waals surface area contributed by atoms with Crippen LogP contribution >= 0.6 is 0 Å². The fourth-order valence-electron chi connectivity index (χ4n) is 1.40. The molecule has 0 aromatic heterocycles. The molecule has 0 saturated carbocycles. The maximum atomic E-state index is 11.0. The molecule has 0 aromatic rings. The number of carboxylic acids is 1. The summed E-state index contributed by atoms with van der Waals surface area (Å²) in [7, 11) is 0. The average molecular weight is 197 g/mol. The van der Waals surface area contributed by atoms with Crippen LogP contribution in [0.25, 0.3) is 0 Å². The van der Waals surface area contributed by atoms with Crippen LogP contribution in [0, 0.1) is 0 Å². The molecule has 0 bridgehead atoms. The number of rotatable bonds is 8. The van der Waals surface area contributed by atoms with E-state index in [0.29, 0.717) is 19.5 Å². The predicted octanol–water partition coefficient (Wildman–Crippen LogP) is 1.91. The second-order valence-corrected chi connectivity index (χ2v) is 3.17. The molecule has 0 fully saturated rings. The van der Waals surface area contributed by atoms with E-state index in [1.807, 2.05) is 11.8 Å². The second-order valence-electron chi connectivity index (χ2n) is 3.17. The summed E-state index contributed by atoms with van der Waals surface area (Å²) in [5, 5.41) is 9.02. The van der Waals surface area contributed by atoms with Crippen molar-refractivity contribution < 1.29 is 9.90 Å². The Kier molecular flexibility index (Phi) is 6.76. The highest BCUT2D eigenvalue weighted by Gasteiger charge is 2.22. The van der Waals surface area contributed by atoms with Gasteiger partial charge in [0.2, 0.25) is 0 Å². The SMILES string of the molecule is C=CCN(CC=C)C(CCC)C(=O)O. The molecule has 0 amide bonds. The van der Waals surface area contributed by atoms with Crippen LogP contribution in [0.15, 0.2) is 25.3 Å². The number of carbonyl (C=O) groups is 1. The Hall–Kier alpha value is -1.09. The predicted molar refractivity (Wildman–Crippen MR) is 58.3 cm³/mol. The molecule has 14 heavy (non-hydrogen) atoms. The first-order valence-corrected chi connectivity index (χ1v) is 4.86. The second kappa shape index (κ2) is 7.33. The molecule has 3 nitrogen and oxygen atoms in total. The van der Waals surface area contributed by atoms with Gasteiger partial charge in [-0.1, -0.05) is 25.5 Å². The van der Waals surface area contributed by atoms with Gasteiger partial charge < -0.3 is 5.11 Å². The van der Waals surface area contributed by atoms with E-state index in [0.717, 1.165) is 6.42 Å². The van der Waals surface area contributed by atoms with E-state index >= 15 is 0 Å². The van der Waals surface area contributed by atoms with Crippen molar-refractivity contribution in [1.29, 1.82) is 0 Å². The molecule has 0 heterocycles. The van der Waals surface area contributed by atoms with Crippen molar-refractivity contribution in [3.8, 4) is 0 Å². The van der Waals surface area contributed by atoms with Crippen molar-refractivity contribution >= 4 is 5.97 Å². The molecule has 1 N–H and O–H groups in total. The van der Waals surface area contributed by atoms with Crippen molar-refractivity contribution in [2.75, 3.05) is 13.1 Å². The molecule has 3 heteroatoms. The lowest BCUT2D eigenvalue weighted by Crippen LogP contribution is -2.41. The quantitative estimate of drug-likeness (QED) is 0.604. The van der Waals surface area contributed by atoms with E-state index in [9.17, 15) is 4.79 Å². The summed E-state index contributed by atoms with van der Waals surface area (Å²) in [5.41, 5.74) is 0. The molecule has 0 rings (SSSR count). The normalized spacial score (nSPS) is 12.4. The maximum Gasteiger partial charge on any atom is 0.320 e. The molecular formula is C11H19NO2. The minimum absolute atomic E-state index is 0.420. The summed E-state index contributed by atoms with van der Waals surface area (Å²) in [4.78, 5) is 12.8. The van der Waals surface area contributed by atoms with E-state index in [-0.39, 0.29) is 0 Å². The van der Waals surface area contributed by atoms with E-state index in [2.05, 4.69) is 13.2 Å². The summed E-state index contributed by atoms with van der Waals surface area (Å²) < 4.78 is 0. The van der Waals surface area contributed by atoms with Crippen molar-refractivity contribution in [3.63, 3.8) is 0 Å². The summed E-state index contributed by atoms with van der Waals surface area (Å²) in [6.07, 6.45) is 4.96. The Morgan fingerprint density at radius 3 is 2.21 bits per heavy atom. The lowest BCUT2D eigenvalue weighted by atomic mass is 10.1. The van der Waals surface area contributed by atoms with Crippen LogP contribution in [-0.2, 0) is 4.79 Å². The summed E-state index contributed by atoms with van der Waals surface area (Å²) in [6.45, 7) is 10.4.